The molecule has 1 amide bonds. The maximum Gasteiger partial charge on any atom is 0.263 e. The second-order valence-corrected chi connectivity index (χ2v) is 8.90. The Morgan fingerprint density at radius 1 is 1.03 bits per heavy atom. The van der Waals surface area contributed by atoms with Gasteiger partial charge >= 0.3 is 0 Å². The van der Waals surface area contributed by atoms with Gasteiger partial charge in [0, 0.05) is 17.1 Å². The third kappa shape index (κ3) is 4.64. The molecule has 4 rings (SSSR count). The van der Waals surface area contributed by atoms with E-state index < -0.39 is 5.60 Å². The van der Waals surface area contributed by atoms with E-state index in [-0.39, 0.29) is 5.91 Å². The number of rotatable bonds is 6. The highest BCUT2D eigenvalue weighted by molar-refractivity contribution is 7.21. The number of hydrogen-bond acceptors (Lipinski definition) is 4. The highest BCUT2D eigenvalue weighted by atomic mass is 35.5. The van der Waals surface area contributed by atoms with Crippen LogP contribution in [0, 0.1) is 0 Å². The van der Waals surface area contributed by atoms with Crippen molar-refractivity contribution in [1.82, 2.24) is 10.3 Å². The van der Waals surface area contributed by atoms with Crippen LogP contribution in [-0.2, 0) is 11.3 Å². The molecule has 30 heavy (non-hydrogen) atoms. The van der Waals surface area contributed by atoms with Gasteiger partial charge in [0.05, 0.1) is 10.2 Å². The van der Waals surface area contributed by atoms with E-state index in [1.165, 1.54) is 4.70 Å². The van der Waals surface area contributed by atoms with Gasteiger partial charge < -0.3 is 10.1 Å². The molecule has 0 saturated heterocycles. The number of carbonyl (C=O) groups is 1. The van der Waals surface area contributed by atoms with Crippen LogP contribution in [0.1, 0.15) is 19.4 Å². The summed E-state index contributed by atoms with van der Waals surface area (Å²) >= 11 is 7.57. The molecule has 6 heteroatoms. The van der Waals surface area contributed by atoms with Crippen molar-refractivity contribution in [3.63, 3.8) is 0 Å². The summed E-state index contributed by atoms with van der Waals surface area (Å²) in [6, 6.07) is 23.2. The van der Waals surface area contributed by atoms with Crippen molar-refractivity contribution in [3.8, 4) is 16.3 Å². The molecule has 3 aromatic carbocycles. The Kier molecular flexibility index (Phi) is 5.75. The first-order valence-corrected chi connectivity index (χ1v) is 10.8. The number of thiazole rings is 1. The molecule has 0 aliphatic rings. The van der Waals surface area contributed by atoms with Crippen molar-refractivity contribution in [2.75, 3.05) is 0 Å². The van der Waals surface area contributed by atoms with Gasteiger partial charge in [0.1, 0.15) is 10.8 Å². The lowest BCUT2D eigenvalue weighted by Crippen LogP contribution is -2.46. The topological polar surface area (TPSA) is 51.2 Å². The van der Waals surface area contributed by atoms with E-state index in [0.29, 0.717) is 17.3 Å². The molecule has 0 atom stereocenters. The molecule has 0 fully saturated rings. The molecule has 152 valence electrons. The van der Waals surface area contributed by atoms with Gasteiger partial charge in [0.25, 0.3) is 5.91 Å². The van der Waals surface area contributed by atoms with Gasteiger partial charge in [-0.25, -0.2) is 4.98 Å². The maximum atomic E-state index is 12.6. The van der Waals surface area contributed by atoms with Crippen LogP contribution in [0.25, 0.3) is 20.8 Å². The fourth-order valence-corrected chi connectivity index (χ4v) is 4.10. The highest BCUT2D eigenvalue weighted by Gasteiger charge is 2.29. The average Bonchev–Trinajstić information content (AvgIpc) is 3.18. The van der Waals surface area contributed by atoms with Crippen LogP contribution < -0.4 is 10.1 Å². The zero-order valence-corrected chi connectivity index (χ0v) is 18.3. The summed E-state index contributed by atoms with van der Waals surface area (Å²) in [6.45, 7) is 3.91. The summed E-state index contributed by atoms with van der Waals surface area (Å²) in [5.41, 5.74) is 2.08. The SMILES string of the molecule is CC(C)(Oc1ccc(Cl)cc1)C(=O)NCc1ccc(-c2nc3ccccc3s2)cc1. The largest absolute Gasteiger partial charge is 0.478 e. The molecule has 0 aliphatic carbocycles. The number of aromatic nitrogens is 1. The van der Waals surface area contributed by atoms with E-state index in [1.54, 1.807) is 49.4 Å². The van der Waals surface area contributed by atoms with E-state index >= 15 is 0 Å². The van der Waals surface area contributed by atoms with Crippen molar-refractivity contribution >= 4 is 39.1 Å². The summed E-state index contributed by atoms with van der Waals surface area (Å²) in [5.74, 6) is 0.410. The lowest BCUT2D eigenvalue weighted by Gasteiger charge is -2.25. The van der Waals surface area contributed by atoms with E-state index in [9.17, 15) is 4.79 Å². The van der Waals surface area contributed by atoms with Crippen LogP contribution in [0.3, 0.4) is 0 Å². The molecule has 4 aromatic rings. The zero-order chi connectivity index (χ0) is 21.1. The molecule has 0 radical (unpaired) electrons. The first kappa shape index (κ1) is 20.4. The second kappa shape index (κ2) is 8.46. The summed E-state index contributed by atoms with van der Waals surface area (Å²) < 4.78 is 7.01. The van der Waals surface area contributed by atoms with Gasteiger partial charge in [-0.3, -0.25) is 4.79 Å². The number of nitrogens with zero attached hydrogens (tertiary/aromatic N) is 1. The number of hydrogen-bond donors (Lipinski definition) is 1. The van der Waals surface area contributed by atoms with Crippen LogP contribution in [-0.4, -0.2) is 16.5 Å². The van der Waals surface area contributed by atoms with Crippen molar-refractivity contribution < 1.29 is 9.53 Å². The predicted molar refractivity (Wildman–Crippen MR) is 123 cm³/mol. The Bertz CT molecular complexity index is 1140. The Morgan fingerprint density at radius 3 is 2.43 bits per heavy atom. The smallest absolute Gasteiger partial charge is 0.263 e. The van der Waals surface area contributed by atoms with E-state index in [0.717, 1.165) is 21.7 Å². The quantitative estimate of drug-likeness (QED) is 0.398. The predicted octanol–water partition coefficient (Wildman–Crippen LogP) is 6.09. The molecule has 1 aromatic heterocycles. The molecule has 0 saturated carbocycles. The zero-order valence-electron chi connectivity index (χ0n) is 16.7. The summed E-state index contributed by atoms with van der Waals surface area (Å²) in [5, 5.41) is 4.56. The summed E-state index contributed by atoms with van der Waals surface area (Å²) in [4.78, 5) is 17.3. The maximum absolute atomic E-state index is 12.6. The van der Waals surface area contributed by atoms with Gasteiger partial charge in [-0.15, -0.1) is 11.3 Å². The van der Waals surface area contributed by atoms with E-state index in [4.69, 9.17) is 16.3 Å². The van der Waals surface area contributed by atoms with Gasteiger partial charge in [-0.1, -0.05) is 48.0 Å². The van der Waals surface area contributed by atoms with Crippen LogP contribution in [0.4, 0.5) is 0 Å². The molecule has 1 heterocycles. The molecule has 0 aliphatic heterocycles. The highest BCUT2D eigenvalue weighted by Crippen LogP contribution is 2.30. The van der Waals surface area contributed by atoms with Gasteiger partial charge in [0.2, 0.25) is 0 Å². The van der Waals surface area contributed by atoms with Crippen LogP contribution in [0.5, 0.6) is 5.75 Å². The molecule has 0 bridgehead atoms. The van der Waals surface area contributed by atoms with Crippen LogP contribution in [0.15, 0.2) is 72.8 Å². The van der Waals surface area contributed by atoms with Crippen molar-refractivity contribution in [2.45, 2.75) is 26.0 Å². The Hall–Kier alpha value is -2.89. The normalized spacial score (nSPS) is 11.4. The third-order valence-electron chi connectivity index (χ3n) is 4.68. The van der Waals surface area contributed by atoms with Crippen molar-refractivity contribution in [2.24, 2.45) is 0 Å². The Balaban J connectivity index is 1.38. The number of nitrogens with one attached hydrogen (secondary N) is 1. The number of halogens is 1. The number of amides is 1. The molecule has 4 nitrogen and oxygen atoms in total. The minimum Gasteiger partial charge on any atom is -0.478 e. The van der Waals surface area contributed by atoms with Crippen LogP contribution >= 0.6 is 22.9 Å². The molecule has 0 unspecified atom stereocenters. The lowest BCUT2D eigenvalue weighted by atomic mass is 10.1. The van der Waals surface area contributed by atoms with Gasteiger partial charge in [-0.2, -0.15) is 0 Å². The lowest BCUT2D eigenvalue weighted by molar-refractivity contribution is -0.134. The summed E-state index contributed by atoms with van der Waals surface area (Å²) in [7, 11) is 0. The minimum absolute atomic E-state index is 0.187. The molecular formula is C24H21ClN2O2S. The van der Waals surface area contributed by atoms with E-state index in [1.807, 2.05) is 42.5 Å². The Labute approximate surface area is 184 Å². The van der Waals surface area contributed by atoms with Crippen molar-refractivity contribution in [3.05, 3.63) is 83.4 Å². The average molecular weight is 437 g/mol. The molecular weight excluding hydrogens is 416 g/mol. The number of fused-ring (bicyclic) bond motifs is 1. The molecule has 0 spiro atoms. The van der Waals surface area contributed by atoms with Gasteiger partial charge in [0.15, 0.2) is 5.60 Å². The fraction of sp³-hybridized carbons (Fsp3) is 0.167. The van der Waals surface area contributed by atoms with E-state index in [2.05, 4.69) is 16.4 Å². The number of para-hydroxylation sites is 1. The van der Waals surface area contributed by atoms with Crippen LogP contribution in [0.2, 0.25) is 5.02 Å². The first-order chi connectivity index (χ1) is 14.4. The third-order valence-corrected chi connectivity index (χ3v) is 6.02. The first-order valence-electron chi connectivity index (χ1n) is 9.58. The minimum atomic E-state index is -1.01. The fourth-order valence-electron chi connectivity index (χ4n) is 3.00. The van der Waals surface area contributed by atoms with Gasteiger partial charge in [-0.05, 0) is 55.8 Å². The van der Waals surface area contributed by atoms with Crippen molar-refractivity contribution in [1.29, 1.82) is 0 Å². The standard InChI is InChI=1S/C24H21ClN2O2S/c1-24(2,29-19-13-11-18(25)12-14-19)23(28)26-15-16-7-9-17(10-8-16)22-27-20-5-3-4-6-21(20)30-22/h3-14H,15H2,1-2H3,(H,26,28). The number of carbonyl (C=O) groups excluding carboxylic acids is 1. The second-order valence-electron chi connectivity index (χ2n) is 7.43. The number of benzene rings is 3. The monoisotopic (exact) mass is 436 g/mol. The summed E-state index contributed by atoms with van der Waals surface area (Å²) in [6.07, 6.45) is 0. The Morgan fingerprint density at radius 2 is 1.73 bits per heavy atom. The number of ether oxygens (including phenoxy) is 1. The molecule has 1 N–H and O–H groups in total.